The van der Waals surface area contributed by atoms with Crippen molar-refractivity contribution in [1.29, 1.82) is 0 Å². The Hall–Kier alpha value is -2.75. The van der Waals surface area contributed by atoms with E-state index in [4.69, 9.17) is 10.5 Å². The lowest BCUT2D eigenvalue weighted by molar-refractivity contribution is 0.412. The molecule has 2 aromatic carbocycles. The van der Waals surface area contributed by atoms with Gasteiger partial charge in [-0.2, -0.15) is 5.10 Å². The number of ether oxygens (including phenoxy) is 1. The number of rotatable bonds is 3. The number of anilines is 1. The first-order valence-electron chi connectivity index (χ1n) is 6.75. The maximum Gasteiger partial charge on any atom is 0.144 e. The Morgan fingerprint density at radius 2 is 1.76 bits per heavy atom. The van der Waals surface area contributed by atoms with E-state index in [2.05, 4.69) is 18.1 Å². The van der Waals surface area contributed by atoms with Gasteiger partial charge in [0, 0.05) is 11.6 Å². The van der Waals surface area contributed by atoms with Crippen LogP contribution < -0.4 is 10.5 Å². The molecule has 1 aromatic heterocycles. The maximum absolute atomic E-state index is 6.13. The van der Waals surface area contributed by atoms with Crippen molar-refractivity contribution in [3.8, 4) is 22.7 Å². The third-order valence-electron chi connectivity index (χ3n) is 3.47. The van der Waals surface area contributed by atoms with Gasteiger partial charge in [-0.05, 0) is 24.6 Å². The summed E-state index contributed by atoms with van der Waals surface area (Å²) in [5.74, 6) is 1.32. The SMILES string of the molecule is COc1ccccc1-n1nc(-c2ccccc2C)cc1N. The number of aryl methyl sites for hydroxylation is 1. The molecule has 0 atom stereocenters. The number of nitrogen functional groups attached to an aromatic ring is 1. The van der Waals surface area contributed by atoms with E-state index in [0.717, 1.165) is 22.7 Å². The number of hydrogen-bond acceptors (Lipinski definition) is 3. The highest BCUT2D eigenvalue weighted by molar-refractivity contribution is 5.67. The van der Waals surface area contributed by atoms with Gasteiger partial charge in [-0.3, -0.25) is 0 Å². The zero-order chi connectivity index (χ0) is 14.8. The molecule has 0 radical (unpaired) electrons. The molecule has 0 aliphatic heterocycles. The van der Waals surface area contributed by atoms with Crippen LogP contribution in [-0.4, -0.2) is 16.9 Å². The summed E-state index contributed by atoms with van der Waals surface area (Å²) in [6.07, 6.45) is 0. The minimum Gasteiger partial charge on any atom is -0.494 e. The van der Waals surface area contributed by atoms with Gasteiger partial charge in [-0.15, -0.1) is 0 Å². The van der Waals surface area contributed by atoms with Crippen molar-refractivity contribution in [3.05, 3.63) is 60.2 Å². The number of benzene rings is 2. The predicted octanol–water partition coefficient (Wildman–Crippen LogP) is 3.44. The molecule has 0 bridgehead atoms. The minimum absolute atomic E-state index is 0.581. The van der Waals surface area contributed by atoms with Crippen LogP contribution in [-0.2, 0) is 0 Å². The molecule has 0 aliphatic carbocycles. The summed E-state index contributed by atoms with van der Waals surface area (Å²) in [4.78, 5) is 0. The summed E-state index contributed by atoms with van der Waals surface area (Å²) >= 11 is 0. The Morgan fingerprint density at radius 1 is 1.05 bits per heavy atom. The third-order valence-corrected chi connectivity index (χ3v) is 3.47. The Balaban J connectivity index is 2.13. The van der Waals surface area contributed by atoms with Crippen molar-refractivity contribution in [1.82, 2.24) is 9.78 Å². The molecule has 0 spiro atoms. The van der Waals surface area contributed by atoms with E-state index < -0.39 is 0 Å². The van der Waals surface area contributed by atoms with Gasteiger partial charge in [0.15, 0.2) is 0 Å². The Kier molecular flexibility index (Phi) is 3.36. The standard InChI is InChI=1S/C17H17N3O/c1-12-7-3-4-8-13(12)14-11-17(18)20(19-14)15-9-5-6-10-16(15)21-2/h3-11H,18H2,1-2H3. The second kappa shape index (κ2) is 5.32. The smallest absolute Gasteiger partial charge is 0.144 e. The number of nitrogens with two attached hydrogens (primary N) is 1. The van der Waals surface area contributed by atoms with Crippen LogP contribution >= 0.6 is 0 Å². The number of para-hydroxylation sites is 2. The van der Waals surface area contributed by atoms with Gasteiger partial charge in [-0.1, -0.05) is 36.4 Å². The van der Waals surface area contributed by atoms with Crippen molar-refractivity contribution < 1.29 is 4.74 Å². The van der Waals surface area contributed by atoms with E-state index in [1.165, 1.54) is 5.56 Å². The molecule has 3 rings (SSSR count). The fourth-order valence-corrected chi connectivity index (χ4v) is 2.39. The second-order valence-electron chi connectivity index (χ2n) is 4.85. The predicted molar refractivity (Wildman–Crippen MR) is 84.7 cm³/mol. The highest BCUT2D eigenvalue weighted by Gasteiger charge is 2.13. The molecular weight excluding hydrogens is 262 g/mol. The van der Waals surface area contributed by atoms with Crippen LogP contribution in [0.2, 0.25) is 0 Å². The maximum atomic E-state index is 6.13. The van der Waals surface area contributed by atoms with Crippen molar-refractivity contribution in [2.45, 2.75) is 6.92 Å². The summed E-state index contributed by atoms with van der Waals surface area (Å²) in [5.41, 5.74) is 10.1. The van der Waals surface area contributed by atoms with Crippen LogP contribution in [0.25, 0.3) is 16.9 Å². The van der Waals surface area contributed by atoms with Gasteiger partial charge in [0.1, 0.15) is 17.3 Å². The average molecular weight is 279 g/mol. The quantitative estimate of drug-likeness (QED) is 0.799. The zero-order valence-corrected chi connectivity index (χ0v) is 12.1. The van der Waals surface area contributed by atoms with Crippen LogP contribution in [0.4, 0.5) is 5.82 Å². The van der Waals surface area contributed by atoms with Gasteiger partial charge in [-0.25, -0.2) is 4.68 Å². The van der Waals surface area contributed by atoms with Gasteiger partial charge in [0.2, 0.25) is 0 Å². The first-order valence-corrected chi connectivity index (χ1v) is 6.75. The molecule has 4 heteroatoms. The minimum atomic E-state index is 0.581. The lowest BCUT2D eigenvalue weighted by atomic mass is 10.1. The molecule has 0 aliphatic rings. The molecule has 0 saturated heterocycles. The molecule has 0 unspecified atom stereocenters. The Morgan fingerprint density at radius 3 is 2.52 bits per heavy atom. The number of methoxy groups -OCH3 is 1. The van der Waals surface area contributed by atoms with Crippen molar-refractivity contribution in [2.75, 3.05) is 12.8 Å². The number of aromatic nitrogens is 2. The molecule has 21 heavy (non-hydrogen) atoms. The summed E-state index contributed by atoms with van der Waals surface area (Å²) in [6, 6.07) is 17.7. The molecule has 0 saturated carbocycles. The lowest BCUT2D eigenvalue weighted by Crippen LogP contribution is -2.03. The van der Waals surface area contributed by atoms with Crippen LogP contribution in [0, 0.1) is 6.92 Å². The molecule has 0 fully saturated rings. The van der Waals surface area contributed by atoms with Crippen LogP contribution in [0.15, 0.2) is 54.6 Å². The fourth-order valence-electron chi connectivity index (χ4n) is 2.39. The van der Waals surface area contributed by atoms with Gasteiger partial charge < -0.3 is 10.5 Å². The van der Waals surface area contributed by atoms with E-state index in [1.807, 2.05) is 48.5 Å². The molecule has 4 nitrogen and oxygen atoms in total. The number of nitrogens with zero attached hydrogens (tertiary/aromatic N) is 2. The van der Waals surface area contributed by atoms with Gasteiger partial charge in [0.05, 0.1) is 12.8 Å². The fraction of sp³-hybridized carbons (Fsp3) is 0.118. The zero-order valence-electron chi connectivity index (χ0n) is 12.1. The summed E-state index contributed by atoms with van der Waals surface area (Å²) < 4.78 is 7.09. The lowest BCUT2D eigenvalue weighted by Gasteiger charge is -2.09. The second-order valence-corrected chi connectivity index (χ2v) is 4.85. The van der Waals surface area contributed by atoms with Crippen LogP contribution in [0.3, 0.4) is 0 Å². The topological polar surface area (TPSA) is 53.1 Å². The summed E-state index contributed by atoms with van der Waals surface area (Å²) in [7, 11) is 1.64. The molecular formula is C17H17N3O. The highest BCUT2D eigenvalue weighted by Crippen LogP contribution is 2.28. The summed E-state index contributed by atoms with van der Waals surface area (Å²) in [5, 5.41) is 4.63. The molecule has 3 aromatic rings. The van der Waals surface area contributed by atoms with E-state index in [-0.39, 0.29) is 0 Å². The van der Waals surface area contributed by atoms with Crippen LogP contribution in [0.5, 0.6) is 5.75 Å². The van der Waals surface area contributed by atoms with Gasteiger partial charge >= 0.3 is 0 Å². The van der Waals surface area contributed by atoms with Crippen LogP contribution in [0.1, 0.15) is 5.56 Å². The molecule has 2 N–H and O–H groups in total. The largest absolute Gasteiger partial charge is 0.494 e. The number of hydrogen-bond donors (Lipinski definition) is 1. The Bertz CT molecular complexity index is 777. The first kappa shape index (κ1) is 13.2. The monoisotopic (exact) mass is 279 g/mol. The van der Waals surface area contributed by atoms with E-state index in [1.54, 1.807) is 11.8 Å². The molecule has 106 valence electrons. The van der Waals surface area contributed by atoms with Gasteiger partial charge in [0.25, 0.3) is 0 Å². The molecule has 1 heterocycles. The third kappa shape index (κ3) is 2.36. The average Bonchev–Trinajstić information content (AvgIpc) is 2.89. The van der Waals surface area contributed by atoms with E-state index in [9.17, 15) is 0 Å². The Labute approximate surface area is 123 Å². The van der Waals surface area contributed by atoms with Crippen molar-refractivity contribution in [3.63, 3.8) is 0 Å². The van der Waals surface area contributed by atoms with E-state index in [0.29, 0.717) is 5.82 Å². The normalized spacial score (nSPS) is 10.6. The molecule has 0 amide bonds. The van der Waals surface area contributed by atoms with Crippen molar-refractivity contribution >= 4 is 5.82 Å². The highest BCUT2D eigenvalue weighted by atomic mass is 16.5. The summed E-state index contributed by atoms with van der Waals surface area (Å²) in [6.45, 7) is 2.06. The van der Waals surface area contributed by atoms with E-state index >= 15 is 0 Å². The first-order chi connectivity index (χ1) is 10.2. The van der Waals surface area contributed by atoms with Crippen molar-refractivity contribution in [2.24, 2.45) is 0 Å².